The Bertz CT molecular complexity index is 2300. The summed E-state index contributed by atoms with van der Waals surface area (Å²) in [6, 6.07) is 18.7. The maximum absolute atomic E-state index is 13.4. The molecule has 2 aliphatic heterocycles. The molecule has 5 amide bonds. The van der Waals surface area contributed by atoms with Crippen LogP contribution in [0.15, 0.2) is 83.9 Å². The van der Waals surface area contributed by atoms with Gasteiger partial charge in [0.05, 0.1) is 34.9 Å². The van der Waals surface area contributed by atoms with Crippen molar-refractivity contribution in [1.82, 2.24) is 30.2 Å². The summed E-state index contributed by atoms with van der Waals surface area (Å²) in [7, 11) is -3.71. The van der Waals surface area contributed by atoms with Gasteiger partial charge in [-0.2, -0.15) is 4.98 Å². The predicted molar refractivity (Wildman–Crippen MR) is 211 cm³/mol. The Morgan fingerprint density at radius 1 is 0.947 bits per heavy atom. The number of imide groups is 2. The second-order valence-electron chi connectivity index (χ2n) is 14.4. The molecule has 1 aromatic heterocycles. The van der Waals surface area contributed by atoms with E-state index in [4.69, 9.17) is 4.74 Å². The number of fused-ring (bicyclic) bond motifs is 1. The number of benzene rings is 3. The molecule has 3 heterocycles. The standard InChI is InChI=1S/C39H43N9O8S/c1-39(2,3)47-57(54,55)27-9-4-8-25(22-27)42-31-18-20-41-38(45-31)43-24-14-16-26(17-15-24)56-21-7-19-40-23-33(50)44-29-11-5-10-28-34(29)37(53)48(36(28)52)30-12-6-13-32(49)46-35(30)51/h4-5,8-11,14-18,20,22,30,40,47H,6-7,12-13,19,21,23H2,1-3H3,(H,44,50)(H,46,49,51)(H2,41,42,43,45). The van der Waals surface area contributed by atoms with Gasteiger partial charge in [0.15, 0.2) is 0 Å². The molecule has 0 aliphatic carbocycles. The third kappa shape index (κ3) is 10.3. The van der Waals surface area contributed by atoms with E-state index in [2.05, 4.69) is 41.3 Å². The number of hydrogen-bond acceptors (Lipinski definition) is 13. The Labute approximate surface area is 329 Å². The zero-order valence-electron chi connectivity index (χ0n) is 31.5. The maximum Gasteiger partial charge on any atom is 0.264 e. The van der Waals surface area contributed by atoms with Crippen molar-refractivity contribution in [3.8, 4) is 5.75 Å². The van der Waals surface area contributed by atoms with Crippen LogP contribution in [0.3, 0.4) is 0 Å². The van der Waals surface area contributed by atoms with E-state index < -0.39 is 51.1 Å². The molecule has 0 saturated carbocycles. The molecule has 17 nitrogen and oxygen atoms in total. The van der Waals surface area contributed by atoms with E-state index in [0.29, 0.717) is 54.9 Å². The molecule has 0 radical (unpaired) electrons. The van der Waals surface area contributed by atoms with E-state index in [-0.39, 0.29) is 41.1 Å². The first-order valence-electron chi connectivity index (χ1n) is 18.3. The molecule has 2 aliphatic rings. The molecule has 4 aromatic rings. The molecular weight excluding hydrogens is 755 g/mol. The van der Waals surface area contributed by atoms with Crippen molar-refractivity contribution in [2.24, 2.45) is 0 Å². The average Bonchev–Trinajstić information content (AvgIpc) is 3.28. The SMILES string of the molecule is CC(C)(C)NS(=O)(=O)c1cccc(Nc2ccnc(Nc3ccc(OCCCNCC(=O)Nc4cccc5c4C(=O)N(C4CCCC(=O)NC4=O)C5=O)cc3)n2)c1. The molecule has 6 N–H and O–H groups in total. The number of carbonyl (C=O) groups excluding carboxylic acids is 5. The summed E-state index contributed by atoms with van der Waals surface area (Å²) >= 11 is 0. The van der Waals surface area contributed by atoms with Crippen molar-refractivity contribution in [2.75, 3.05) is 35.6 Å². The number of carbonyl (C=O) groups is 5. The second-order valence-corrected chi connectivity index (χ2v) is 16.1. The van der Waals surface area contributed by atoms with E-state index in [0.717, 1.165) is 4.90 Å². The van der Waals surface area contributed by atoms with Crippen LogP contribution in [0.2, 0.25) is 0 Å². The minimum absolute atomic E-state index is 0.00906. The largest absolute Gasteiger partial charge is 0.494 e. The Hall–Kier alpha value is -6.24. The number of sulfonamides is 1. The van der Waals surface area contributed by atoms with E-state index >= 15 is 0 Å². The quantitative estimate of drug-likeness (QED) is 0.0743. The summed E-state index contributed by atoms with van der Waals surface area (Å²) in [5, 5.41) is 14.2. The van der Waals surface area contributed by atoms with Crippen molar-refractivity contribution >= 4 is 68.4 Å². The second kappa shape index (κ2) is 17.3. The minimum atomic E-state index is -3.71. The van der Waals surface area contributed by atoms with Crippen LogP contribution >= 0.6 is 0 Å². The van der Waals surface area contributed by atoms with Crippen LogP contribution in [-0.4, -0.2) is 84.1 Å². The van der Waals surface area contributed by atoms with Gasteiger partial charge in [-0.3, -0.25) is 34.2 Å². The van der Waals surface area contributed by atoms with Gasteiger partial charge in [-0.15, -0.1) is 0 Å². The number of ether oxygens (including phenoxy) is 1. The molecule has 1 saturated heterocycles. The third-order valence-electron chi connectivity index (χ3n) is 8.65. The van der Waals surface area contributed by atoms with E-state index in [1.807, 2.05) is 12.1 Å². The number of hydrogen-bond donors (Lipinski definition) is 6. The lowest BCUT2D eigenvalue weighted by molar-refractivity contribution is -0.131. The number of amides is 5. The Kier molecular flexibility index (Phi) is 12.2. The topological polar surface area (TPSA) is 230 Å². The molecule has 0 spiro atoms. The average molecular weight is 798 g/mol. The van der Waals surface area contributed by atoms with Crippen molar-refractivity contribution in [3.05, 3.63) is 90.1 Å². The van der Waals surface area contributed by atoms with Gasteiger partial charge < -0.3 is 26.0 Å². The van der Waals surface area contributed by atoms with Crippen molar-refractivity contribution in [2.45, 2.75) is 62.9 Å². The molecule has 57 heavy (non-hydrogen) atoms. The molecule has 1 atom stereocenters. The van der Waals surface area contributed by atoms with Crippen LogP contribution in [0.4, 0.5) is 28.8 Å². The van der Waals surface area contributed by atoms with Gasteiger partial charge in [-0.1, -0.05) is 12.1 Å². The smallest absolute Gasteiger partial charge is 0.264 e. The fourth-order valence-corrected chi connectivity index (χ4v) is 7.66. The van der Waals surface area contributed by atoms with Crippen LogP contribution in [-0.2, 0) is 24.4 Å². The van der Waals surface area contributed by atoms with Crippen LogP contribution in [0.25, 0.3) is 0 Å². The lowest BCUT2D eigenvalue weighted by Gasteiger charge is -2.23. The summed E-state index contributed by atoms with van der Waals surface area (Å²) in [6.45, 7) is 6.08. The van der Waals surface area contributed by atoms with Gasteiger partial charge in [0, 0.05) is 29.5 Å². The van der Waals surface area contributed by atoms with Gasteiger partial charge in [0.2, 0.25) is 33.7 Å². The first-order chi connectivity index (χ1) is 27.2. The molecule has 0 bridgehead atoms. The Morgan fingerprint density at radius 2 is 1.72 bits per heavy atom. The summed E-state index contributed by atoms with van der Waals surface area (Å²) in [4.78, 5) is 73.4. The molecular formula is C39H43N9O8S. The number of nitrogens with one attached hydrogen (secondary N) is 6. The van der Waals surface area contributed by atoms with Crippen molar-refractivity contribution in [3.63, 3.8) is 0 Å². The molecule has 3 aromatic carbocycles. The van der Waals surface area contributed by atoms with E-state index in [9.17, 15) is 32.4 Å². The fourth-order valence-electron chi connectivity index (χ4n) is 6.19. The lowest BCUT2D eigenvalue weighted by Crippen LogP contribution is -2.49. The van der Waals surface area contributed by atoms with Gasteiger partial charge in [-0.25, -0.2) is 18.1 Å². The van der Waals surface area contributed by atoms with Gasteiger partial charge >= 0.3 is 0 Å². The normalized spacial score (nSPS) is 15.8. The van der Waals surface area contributed by atoms with E-state index in [1.165, 1.54) is 24.3 Å². The fraction of sp³-hybridized carbons (Fsp3) is 0.308. The van der Waals surface area contributed by atoms with Crippen molar-refractivity contribution < 1.29 is 37.1 Å². The number of anilines is 5. The molecule has 6 rings (SSSR count). The molecule has 1 fully saturated rings. The Balaban J connectivity index is 0.929. The zero-order valence-corrected chi connectivity index (χ0v) is 32.4. The molecule has 298 valence electrons. The highest BCUT2D eigenvalue weighted by molar-refractivity contribution is 7.89. The van der Waals surface area contributed by atoms with Gasteiger partial charge in [0.1, 0.15) is 17.6 Å². The van der Waals surface area contributed by atoms with Crippen LogP contribution in [0, 0.1) is 0 Å². The summed E-state index contributed by atoms with van der Waals surface area (Å²) in [6.07, 6.45) is 2.79. The first-order valence-corrected chi connectivity index (χ1v) is 19.7. The zero-order chi connectivity index (χ0) is 40.7. The predicted octanol–water partition coefficient (Wildman–Crippen LogP) is 3.83. The number of rotatable bonds is 15. The summed E-state index contributed by atoms with van der Waals surface area (Å²) in [5.74, 6) is -1.52. The lowest BCUT2D eigenvalue weighted by atomic mass is 10.1. The molecule has 1 unspecified atom stereocenters. The first kappa shape index (κ1) is 40.4. The monoisotopic (exact) mass is 797 g/mol. The Morgan fingerprint density at radius 3 is 2.49 bits per heavy atom. The van der Waals surface area contributed by atoms with Crippen LogP contribution in [0.5, 0.6) is 5.75 Å². The molecule has 18 heteroatoms. The van der Waals surface area contributed by atoms with Gasteiger partial charge in [-0.05, 0) is 107 Å². The maximum atomic E-state index is 13.4. The van der Waals surface area contributed by atoms with Gasteiger partial charge in [0.25, 0.3) is 11.8 Å². The van der Waals surface area contributed by atoms with Crippen LogP contribution in [0.1, 0.15) is 67.2 Å². The van der Waals surface area contributed by atoms with Crippen molar-refractivity contribution in [1.29, 1.82) is 0 Å². The minimum Gasteiger partial charge on any atom is -0.494 e. The van der Waals surface area contributed by atoms with Crippen LogP contribution < -0.4 is 36.0 Å². The summed E-state index contributed by atoms with van der Waals surface area (Å²) in [5.41, 5.74) is 0.872. The highest BCUT2D eigenvalue weighted by atomic mass is 32.2. The van der Waals surface area contributed by atoms with E-state index in [1.54, 1.807) is 63.4 Å². The highest BCUT2D eigenvalue weighted by Gasteiger charge is 2.45. The summed E-state index contributed by atoms with van der Waals surface area (Å²) < 4.78 is 34.0. The number of nitrogens with zero attached hydrogens (tertiary/aromatic N) is 3. The highest BCUT2D eigenvalue weighted by Crippen LogP contribution is 2.32. The third-order valence-corrected chi connectivity index (χ3v) is 10.4. The number of aromatic nitrogens is 2.